The Hall–Kier alpha value is -4.75. The van der Waals surface area contributed by atoms with E-state index in [2.05, 4.69) is 6.92 Å². The van der Waals surface area contributed by atoms with Gasteiger partial charge in [-0.05, 0) is 66.1 Å². The molecule has 4 aromatic carbocycles. The number of esters is 1. The van der Waals surface area contributed by atoms with Crippen molar-refractivity contribution in [1.82, 2.24) is 0 Å². The molecule has 0 spiro atoms. The molecule has 2 aliphatic rings. The quantitative estimate of drug-likeness (QED) is 0.190. The third kappa shape index (κ3) is 4.47. The summed E-state index contributed by atoms with van der Waals surface area (Å²) in [5.74, 6) is -1.52. The van der Waals surface area contributed by atoms with E-state index in [1.807, 2.05) is 48.5 Å². The molecule has 2 saturated heterocycles. The summed E-state index contributed by atoms with van der Waals surface area (Å²) in [6, 6.07) is 32.0. The summed E-state index contributed by atoms with van der Waals surface area (Å²) in [7, 11) is 0. The van der Waals surface area contributed by atoms with Crippen molar-refractivity contribution in [1.29, 1.82) is 0 Å². The van der Waals surface area contributed by atoms with Crippen molar-refractivity contribution < 1.29 is 24.0 Å². The van der Waals surface area contributed by atoms with Gasteiger partial charge in [0.05, 0.1) is 23.0 Å². The van der Waals surface area contributed by atoms with Gasteiger partial charge in [-0.25, -0.2) is 14.8 Å². The third-order valence-corrected chi connectivity index (χ3v) is 7.17. The van der Waals surface area contributed by atoms with Crippen molar-refractivity contribution in [3.8, 4) is 5.75 Å². The number of hydrogen-bond acceptors (Lipinski definition) is 6. The van der Waals surface area contributed by atoms with Crippen LogP contribution in [0.15, 0.2) is 109 Å². The number of fused-ring (bicyclic) bond motifs is 1. The molecular formula is C32H26N2O5. The van der Waals surface area contributed by atoms with Gasteiger partial charge in [0.1, 0.15) is 11.7 Å². The van der Waals surface area contributed by atoms with E-state index in [0.29, 0.717) is 17.0 Å². The average molecular weight is 519 g/mol. The lowest BCUT2D eigenvalue weighted by Crippen LogP contribution is -2.37. The van der Waals surface area contributed by atoms with Crippen LogP contribution < -0.4 is 14.7 Å². The molecule has 0 aliphatic carbocycles. The fourth-order valence-corrected chi connectivity index (χ4v) is 5.16. The maximum absolute atomic E-state index is 13.8. The number of imide groups is 1. The minimum absolute atomic E-state index is 0.308. The van der Waals surface area contributed by atoms with E-state index in [4.69, 9.17) is 9.57 Å². The van der Waals surface area contributed by atoms with Crippen molar-refractivity contribution >= 4 is 29.2 Å². The van der Waals surface area contributed by atoms with Crippen LogP contribution in [-0.4, -0.2) is 23.9 Å². The molecule has 2 aliphatic heterocycles. The van der Waals surface area contributed by atoms with Gasteiger partial charge in [0.25, 0.3) is 5.91 Å². The second-order valence-corrected chi connectivity index (χ2v) is 9.51. The van der Waals surface area contributed by atoms with E-state index >= 15 is 0 Å². The fraction of sp³-hybridized carbons (Fsp3) is 0.156. The zero-order valence-corrected chi connectivity index (χ0v) is 21.3. The Morgan fingerprint density at radius 2 is 1.41 bits per heavy atom. The summed E-state index contributed by atoms with van der Waals surface area (Å²) in [5.41, 5.74) is 3.60. The van der Waals surface area contributed by atoms with E-state index in [1.54, 1.807) is 65.7 Å². The topological polar surface area (TPSA) is 76.2 Å². The molecule has 39 heavy (non-hydrogen) atoms. The summed E-state index contributed by atoms with van der Waals surface area (Å²) in [5, 5.41) is 1.65. The second-order valence-electron chi connectivity index (χ2n) is 9.51. The van der Waals surface area contributed by atoms with Gasteiger partial charge in [-0.2, -0.15) is 0 Å². The van der Waals surface area contributed by atoms with Crippen molar-refractivity contribution in [2.75, 3.05) is 9.96 Å². The molecule has 7 nitrogen and oxygen atoms in total. The molecule has 2 heterocycles. The van der Waals surface area contributed by atoms with Gasteiger partial charge in [0.2, 0.25) is 5.91 Å². The van der Waals surface area contributed by atoms with Gasteiger partial charge in [-0.3, -0.25) is 14.4 Å². The molecule has 0 saturated carbocycles. The van der Waals surface area contributed by atoms with Gasteiger partial charge in [-0.1, -0.05) is 67.6 Å². The van der Waals surface area contributed by atoms with Crippen LogP contribution in [0.5, 0.6) is 5.75 Å². The molecule has 0 radical (unpaired) electrons. The van der Waals surface area contributed by atoms with E-state index in [0.717, 1.165) is 23.2 Å². The number of hydroxylamine groups is 1. The summed E-state index contributed by atoms with van der Waals surface area (Å²) < 4.78 is 5.54. The van der Waals surface area contributed by atoms with Crippen LogP contribution in [0.25, 0.3) is 0 Å². The molecule has 2 fully saturated rings. The highest BCUT2D eigenvalue weighted by Gasteiger charge is 2.60. The Balaban J connectivity index is 1.32. The molecule has 2 amide bonds. The highest BCUT2D eigenvalue weighted by atomic mass is 16.7. The van der Waals surface area contributed by atoms with E-state index in [9.17, 15) is 14.4 Å². The molecule has 0 aromatic heterocycles. The summed E-state index contributed by atoms with van der Waals surface area (Å²) in [6.45, 7) is 2.05. The van der Waals surface area contributed by atoms with Gasteiger partial charge in [-0.15, -0.1) is 0 Å². The van der Waals surface area contributed by atoms with Gasteiger partial charge < -0.3 is 4.74 Å². The van der Waals surface area contributed by atoms with E-state index < -0.39 is 24.0 Å². The number of amides is 2. The normalized spacial score (nSPS) is 20.3. The van der Waals surface area contributed by atoms with Gasteiger partial charge in [0.15, 0.2) is 6.10 Å². The lowest BCUT2D eigenvalue weighted by atomic mass is 9.90. The molecule has 0 unspecified atom stereocenters. The Bertz CT molecular complexity index is 1500. The zero-order valence-electron chi connectivity index (χ0n) is 21.3. The first-order chi connectivity index (χ1) is 19.0. The maximum atomic E-state index is 13.8. The number of anilines is 2. The van der Waals surface area contributed by atoms with Crippen LogP contribution in [0, 0.1) is 5.92 Å². The van der Waals surface area contributed by atoms with Crippen molar-refractivity contribution in [3.05, 3.63) is 126 Å². The van der Waals surface area contributed by atoms with Crippen LogP contribution in [0.2, 0.25) is 0 Å². The number of rotatable bonds is 6. The summed E-state index contributed by atoms with van der Waals surface area (Å²) in [6.07, 6.45) is -0.0921. The Kier molecular flexibility index (Phi) is 6.42. The standard InChI is InChI=1S/C32H26N2O5/c1-2-21-13-17-24(18-14-21)33-30(35)27-28(34(39-29(27)31(33)36)25-11-7-4-8-12-25)22-15-19-26(20-16-22)38-32(37)23-9-5-3-6-10-23/h3-20,27-29H,2H2,1H3/t27-,28+,29-/m1/s1. The van der Waals surface area contributed by atoms with Crippen LogP contribution in [-0.2, 0) is 20.8 Å². The largest absolute Gasteiger partial charge is 0.423 e. The maximum Gasteiger partial charge on any atom is 0.343 e. The molecule has 0 bridgehead atoms. The van der Waals surface area contributed by atoms with Gasteiger partial charge in [0, 0.05) is 0 Å². The SMILES string of the molecule is CCc1ccc(N2C(=O)[C@H]3[C@@H](ON(c4ccccc4)[C@H]3c3ccc(OC(=O)c4ccccc4)cc3)C2=O)cc1. The zero-order chi connectivity index (χ0) is 26.9. The first kappa shape index (κ1) is 24.6. The molecule has 3 atom stereocenters. The van der Waals surface area contributed by atoms with Crippen LogP contribution >= 0.6 is 0 Å². The van der Waals surface area contributed by atoms with Crippen molar-refractivity contribution in [3.63, 3.8) is 0 Å². The highest BCUT2D eigenvalue weighted by molar-refractivity contribution is 6.23. The monoisotopic (exact) mass is 518 g/mol. The Labute approximate surface area is 226 Å². The predicted octanol–water partition coefficient (Wildman–Crippen LogP) is 5.52. The average Bonchev–Trinajstić information content (AvgIpc) is 3.50. The van der Waals surface area contributed by atoms with Crippen molar-refractivity contribution in [2.24, 2.45) is 5.92 Å². The van der Waals surface area contributed by atoms with Crippen LogP contribution in [0.3, 0.4) is 0 Å². The molecule has 4 aromatic rings. The Morgan fingerprint density at radius 3 is 2.05 bits per heavy atom. The third-order valence-electron chi connectivity index (χ3n) is 7.17. The number of carbonyl (C=O) groups is 3. The Morgan fingerprint density at radius 1 is 0.769 bits per heavy atom. The highest BCUT2D eigenvalue weighted by Crippen LogP contribution is 2.47. The minimum Gasteiger partial charge on any atom is -0.423 e. The van der Waals surface area contributed by atoms with E-state index in [1.165, 1.54) is 4.90 Å². The van der Waals surface area contributed by atoms with Crippen LogP contribution in [0.1, 0.15) is 34.5 Å². The first-order valence-corrected chi connectivity index (χ1v) is 12.9. The second kappa shape index (κ2) is 10.2. The molecule has 0 N–H and O–H groups in total. The van der Waals surface area contributed by atoms with Gasteiger partial charge >= 0.3 is 5.97 Å². The summed E-state index contributed by atoms with van der Waals surface area (Å²) in [4.78, 5) is 47.3. The molecule has 7 heteroatoms. The number of para-hydroxylation sites is 1. The molecule has 6 rings (SSSR count). The number of carbonyl (C=O) groups excluding carboxylic acids is 3. The number of ether oxygens (including phenoxy) is 1. The number of nitrogens with zero attached hydrogens (tertiary/aromatic N) is 2. The fourth-order valence-electron chi connectivity index (χ4n) is 5.16. The van der Waals surface area contributed by atoms with E-state index in [-0.39, 0.29) is 11.8 Å². The van der Waals surface area contributed by atoms with Crippen molar-refractivity contribution in [2.45, 2.75) is 25.5 Å². The minimum atomic E-state index is -0.954. The lowest BCUT2D eigenvalue weighted by molar-refractivity contribution is -0.126. The number of hydrogen-bond donors (Lipinski definition) is 0. The molecule has 194 valence electrons. The number of aryl methyl sites for hydroxylation is 1. The predicted molar refractivity (Wildman–Crippen MR) is 146 cm³/mol. The molecular weight excluding hydrogens is 492 g/mol. The lowest BCUT2D eigenvalue weighted by Gasteiger charge is -2.28. The number of benzene rings is 4. The first-order valence-electron chi connectivity index (χ1n) is 12.9. The smallest absolute Gasteiger partial charge is 0.343 e. The van der Waals surface area contributed by atoms with Crippen LogP contribution in [0.4, 0.5) is 11.4 Å². The summed E-state index contributed by atoms with van der Waals surface area (Å²) >= 11 is 0.